The van der Waals surface area contributed by atoms with Gasteiger partial charge in [0.05, 0.1) is 44.2 Å². The Labute approximate surface area is 852 Å². The van der Waals surface area contributed by atoms with Gasteiger partial charge in [-0.15, -0.1) is 0 Å². The van der Waals surface area contributed by atoms with Gasteiger partial charge in [-0.2, -0.15) is 0 Å². The van der Waals surface area contributed by atoms with E-state index in [9.17, 15) is 58.4 Å². The maximum atomic E-state index is 13.6. The zero-order valence-corrected chi connectivity index (χ0v) is 85.7. The number of sulfonamides is 3. The lowest BCUT2D eigenvalue weighted by atomic mass is 10.1. The second kappa shape index (κ2) is 48.2. The fraction of sp³-hybridized carbons (Fsp3) is 0.250. The molecule has 0 saturated heterocycles. The highest BCUT2D eigenvalue weighted by atomic mass is 35.5. The SMILES string of the molecule is COc1cccc(Cn2cccc2C(=O)NCCS(=O)(=O)NC(=O)c2[nH]c3cc(Cl)ccc3c2CCCOc2cc(C)c(Cl)c(C)c2)c1.Cc1cc(OCCCc2c(C(=O)NS(=O)(=O)CCNC(=O)c3cccn3Cc3cccc(F)c3)[nH]c3cc(Cl)ccc23)cc(C)c1Cl.Cc1cccc(Cn2cccc2C(=O)NCCS(=O)(=O)NC(=O)c2[nH]c3cc(Cl)ccc3c2CCCOc2cc(C)c(Cl)c(C)c2)c1. The molecule has 15 rings (SSSR count). The Balaban J connectivity index is 0.000000179. The molecule has 0 bridgehead atoms. The average Bonchev–Trinajstić information content (AvgIpc) is 1.64. The Morgan fingerprint density at radius 2 is 0.648 bits per heavy atom. The fourth-order valence-electron chi connectivity index (χ4n) is 16.3. The van der Waals surface area contributed by atoms with Crippen molar-refractivity contribution in [3.05, 3.63) is 361 Å². The van der Waals surface area contributed by atoms with E-state index in [1.807, 2.05) is 133 Å². The summed E-state index contributed by atoms with van der Waals surface area (Å²) in [5.41, 5.74) is 14.4. The highest BCUT2D eigenvalue weighted by Crippen LogP contribution is 2.35. The monoisotopic (exact) mass is 2100 g/mol. The number of hydrogen-bond acceptors (Lipinski definition) is 16. The number of nitrogens with zero attached hydrogens (tertiary/aromatic N) is 3. The topological polar surface area (TPSA) is 376 Å². The lowest BCUT2D eigenvalue weighted by Gasteiger charge is -2.12. The number of ether oxygens (including phenoxy) is 4. The lowest BCUT2D eigenvalue weighted by Crippen LogP contribution is -2.38. The Bertz CT molecular complexity index is 7220. The molecule has 0 spiro atoms. The first-order valence-corrected chi connectivity index (χ1v) is 52.4. The van der Waals surface area contributed by atoms with Crippen LogP contribution in [-0.4, -0.2) is 153 Å². The Morgan fingerprint density at radius 3 is 0.958 bits per heavy atom. The third-order valence-corrected chi connectivity index (χ3v) is 29.3. The van der Waals surface area contributed by atoms with Gasteiger partial charge in [-0.3, -0.25) is 28.8 Å². The molecule has 0 fully saturated rings. The van der Waals surface area contributed by atoms with E-state index in [4.69, 9.17) is 88.6 Å². The first-order valence-electron chi connectivity index (χ1n) is 45.2. The summed E-state index contributed by atoms with van der Waals surface area (Å²) < 4.78 is 126. The molecule has 28 nitrogen and oxygen atoms in total. The number of halogens is 7. The summed E-state index contributed by atoms with van der Waals surface area (Å²) in [5, 5.41) is 13.6. The number of fused-ring (bicyclic) bond motifs is 3. The van der Waals surface area contributed by atoms with Gasteiger partial charge in [0.1, 0.15) is 63.0 Å². The number of aromatic amines is 3. The van der Waals surface area contributed by atoms with Gasteiger partial charge >= 0.3 is 0 Å². The average molecular weight is 2110 g/mol. The summed E-state index contributed by atoms with van der Waals surface area (Å²) in [4.78, 5) is 87.7. The third kappa shape index (κ3) is 28.7. The molecular weight excluding hydrogens is 2000 g/mol. The summed E-state index contributed by atoms with van der Waals surface area (Å²) in [6.45, 7) is 15.1. The van der Waals surface area contributed by atoms with Crippen LogP contribution in [0.5, 0.6) is 23.0 Å². The second-order valence-corrected chi connectivity index (χ2v) is 42.0. The number of methoxy groups -OCH3 is 1. The molecule has 6 aromatic heterocycles. The summed E-state index contributed by atoms with van der Waals surface area (Å²) in [5.74, 6) is -2.91. The fourth-order valence-corrected chi connectivity index (χ4v) is 19.7. The molecule has 15 aromatic rings. The molecule has 142 heavy (non-hydrogen) atoms. The summed E-state index contributed by atoms with van der Waals surface area (Å²) in [7, 11) is -10.8. The number of benzene rings is 9. The largest absolute Gasteiger partial charge is 0.497 e. The van der Waals surface area contributed by atoms with E-state index >= 15 is 0 Å². The quantitative estimate of drug-likeness (QED) is 0.0161. The van der Waals surface area contributed by atoms with Gasteiger partial charge in [0, 0.05) is 121 Å². The molecule has 0 saturated carbocycles. The number of carbonyl (C=O) groups excluding carboxylic acids is 6. The van der Waals surface area contributed by atoms with E-state index in [0.717, 1.165) is 66.2 Å². The van der Waals surface area contributed by atoms with Crippen LogP contribution in [0.4, 0.5) is 4.39 Å². The van der Waals surface area contributed by atoms with E-state index in [-0.39, 0.29) is 54.8 Å². The molecule has 0 atom stereocenters. The van der Waals surface area contributed by atoms with Gasteiger partial charge in [0.15, 0.2) is 0 Å². The summed E-state index contributed by atoms with van der Waals surface area (Å²) >= 11 is 37.4. The van der Waals surface area contributed by atoms with Gasteiger partial charge in [-0.05, 0) is 287 Å². The van der Waals surface area contributed by atoms with Gasteiger partial charge in [0.25, 0.3) is 35.4 Å². The van der Waals surface area contributed by atoms with Crippen molar-refractivity contribution in [1.29, 1.82) is 0 Å². The first-order chi connectivity index (χ1) is 67.7. The zero-order chi connectivity index (χ0) is 102. The van der Waals surface area contributed by atoms with Crippen LogP contribution < -0.4 is 49.1 Å². The van der Waals surface area contributed by atoms with Crippen molar-refractivity contribution in [2.75, 3.05) is 63.8 Å². The first kappa shape index (κ1) is 106. The van der Waals surface area contributed by atoms with Crippen LogP contribution in [0.25, 0.3) is 32.7 Å². The van der Waals surface area contributed by atoms with Crippen molar-refractivity contribution in [2.45, 2.75) is 107 Å². The molecule has 0 aliphatic carbocycles. The standard InChI is InChI=1S/C35H36Cl2N4O6S.C35H36Cl2N4O5S.C34H33Cl2FN4O5S/c1-22-17-27(18-23(2)32(22)37)47-15-6-9-29-28-12-11-25(36)20-30(28)39-33(29)35(43)40-48(44,45)16-13-38-34(42)31-10-5-14-41(31)21-24-7-4-8-26(19-24)46-3;1-22-7-4-8-25(17-22)21-41-14-5-10-31(41)34(42)38-13-16-47(44,45)40-35(43)33-29(28-12-11-26(36)20-30(28)39-33)9-6-15-46-27-18-23(2)32(37)24(3)19-27;1-21-16-26(17-22(2)31(21)36)46-14-5-8-28-27-11-10-24(35)19-29(27)39-32(28)34(43)40-47(44,45)15-12-38-33(42)30-9-4-13-41(30)20-23-6-3-7-25(37)18-23/h4-5,7-8,10-12,14,17-20,39H,6,9,13,15-16,21H2,1-3H3,(H,38,42)(H,40,43);4-5,7-8,10-12,14,17-20,39H,6,9,13,15-16,21H2,1-3H3,(H,38,42)(H,40,43);3-4,6-7,9-11,13,16-19,39H,5,8,12,14-15,20H2,1-2H3,(H,38,42)(H,40,43). The molecule has 0 unspecified atom stereocenters. The maximum Gasteiger partial charge on any atom is 0.281 e. The van der Waals surface area contributed by atoms with Crippen LogP contribution in [0, 0.1) is 54.3 Å². The van der Waals surface area contributed by atoms with Crippen LogP contribution in [0.15, 0.2) is 219 Å². The van der Waals surface area contributed by atoms with Crippen LogP contribution >= 0.6 is 69.6 Å². The predicted octanol–water partition coefficient (Wildman–Crippen LogP) is 19.8. The Morgan fingerprint density at radius 1 is 0.345 bits per heavy atom. The van der Waals surface area contributed by atoms with E-state index in [1.54, 1.807) is 143 Å². The van der Waals surface area contributed by atoms with E-state index in [2.05, 4.69) is 45.1 Å². The Kier molecular flexibility index (Phi) is 36.1. The molecule has 0 aliphatic heterocycles. The molecule has 9 aromatic carbocycles. The number of amides is 6. The number of nitrogens with one attached hydrogen (secondary N) is 9. The van der Waals surface area contributed by atoms with Gasteiger partial charge in [-0.25, -0.2) is 43.8 Å². The van der Waals surface area contributed by atoms with Crippen molar-refractivity contribution in [1.82, 2.24) is 58.8 Å². The van der Waals surface area contributed by atoms with Crippen molar-refractivity contribution < 1.29 is 77.4 Å². The number of carbonyl (C=O) groups is 6. The molecule has 38 heteroatoms. The van der Waals surface area contributed by atoms with Crippen LogP contribution in [-0.2, 0) is 69.0 Å². The lowest BCUT2D eigenvalue weighted by molar-refractivity contribution is 0.0938. The van der Waals surface area contributed by atoms with Gasteiger partial charge in [0.2, 0.25) is 30.1 Å². The molecule has 0 radical (unpaired) electrons. The summed E-state index contributed by atoms with van der Waals surface area (Å²) in [6.07, 6.45) is 8.17. The normalized spacial score (nSPS) is 11.5. The van der Waals surface area contributed by atoms with Gasteiger partial charge < -0.3 is 63.6 Å². The molecule has 6 amide bonds. The highest BCUT2D eigenvalue weighted by Gasteiger charge is 2.29. The number of hydrogen-bond donors (Lipinski definition) is 9. The number of H-pyrrole nitrogens is 3. The zero-order valence-electron chi connectivity index (χ0n) is 78.8. The summed E-state index contributed by atoms with van der Waals surface area (Å²) in [6, 6.07) is 58.3. The number of rotatable bonds is 40. The minimum Gasteiger partial charge on any atom is -0.497 e. The molecule has 744 valence electrons. The van der Waals surface area contributed by atoms with Crippen molar-refractivity contribution >= 4 is 168 Å². The Hall–Kier alpha value is -13.0. The number of aryl methyl sites for hydroxylation is 10. The molecule has 0 aliphatic rings. The van der Waals surface area contributed by atoms with Gasteiger partial charge in [-0.1, -0.05) is 142 Å². The molecule has 9 N–H and O–H groups in total. The minimum atomic E-state index is -4.14. The highest BCUT2D eigenvalue weighted by molar-refractivity contribution is 7.90. The smallest absolute Gasteiger partial charge is 0.281 e. The second-order valence-electron chi connectivity index (χ2n) is 34.0. The van der Waals surface area contributed by atoms with Crippen molar-refractivity contribution in [3.63, 3.8) is 0 Å². The molecule has 6 heterocycles. The predicted molar refractivity (Wildman–Crippen MR) is 556 cm³/mol. The molecular formula is C104H105Cl6FN12O16S3. The third-order valence-electron chi connectivity index (χ3n) is 23.1. The van der Waals surface area contributed by atoms with E-state index in [1.165, 1.54) is 12.1 Å². The maximum absolute atomic E-state index is 13.6. The van der Waals surface area contributed by atoms with Crippen LogP contribution in [0.1, 0.15) is 155 Å². The van der Waals surface area contributed by atoms with E-state index < -0.39 is 82.8 Å². The van der Waals surface area contributed by atoms with E-state index in [0.29, 0.717) is 175 Å². The van der Waals surface area contributed by atoms with Crippen LogP contribution in [0.2, 0.25) is 30.1 Å². The number of aromatic nitrogens is 6. The van der Waals surface area contributed by atoms with Crippen LogP contribution in [0.3, 0.4) is 0 Å². The minimum absolute atomic E-state index is 0.100. The van der Waals surface area contributed by atoms with Crippen molar-refractivity contribution in [3.8, 4) is 23.0 Å². The van der Waals surface area contributed by atoms with Crippen molar-refractivity contribution in [2.24, 2.45) is 0 Å².